The molecule has 0 aromatic rings. The summed E-state index contributed by atoms with van der Waals surface area (Å²) in [6, 6.07) is -0.547. The van der Waals surface area contributed by atoms with E-state index >= 15 is 0 Å². The Morgan fingerprint density at radius 3 is 2.40 bits per heavy atom. The van der Waals surface area contributed by atoms with Crippen molar-refractivity contribution in [2.45, 2.75) is 70.7 Å². The molecule has 2 aliphatic heterocycles. The van der Waals surface area contributed by atoms with Gasteiger partial charge < -0.3 is 39.8 Å². The lowest BCUT2D eigenvalue weighted by Crippen LogP contribution is -2.47. The van der Waals surface area contributed by atoms with E-state index in [4.69, 9.17) is 18.9 Å². The molecule has 11 nitrogen and oxygen atoms in total. The number of amides is 2. The fraction of sp³-hybridized carbons (Fsp3) is 0.875. The highest BCUT2D eigenvalue weighted by atomic mass is 16.6. The minimum Gasteiger partial charge on any atom is -0.459 e. The third-order valence-corrected chi connectivity index (χ3v) is 5.83. The van der Waals surface area contributed by atoms with Crippen molar-refractivity contribution in [1.29, 1.82) is 0 Å². The average molecular weight is 501 g/mol. The van der Waals surface area contributed by atoms with Crippen molar-refractivity contribution < 1.29 is 33.3 Å². The second-order valence-corrected chi connectivity index (χ2v) is 9.18. The first-order chi connectivity index (χ1) is 16.9. The molecule has 0 aliphatic carbocycles. The molecule has 0 aromatic carbocycles. The standard InChI is InChI=1S/C24H44N4O7/c1-4-7-27-23(30)21-15-19(35-24(31)20-6-5-8-26-20)16-28(21)22(29)17-34-14-13-33-12-11-32-10-9-25-18(2)3/h18-21,25-26H,4-17H2,1-3H3,(H,27,30). The second-order valence-electron chi connectivity index (χ2n) is 9.18. The maximum atomic E-state index is 12.8. The predicted octanol–water partition coefficient (Wildman–Crippen LogP) is -0.175. The van der Waals surface area contributed by atoms with Crippen LogP contribution in [0.15, 0.2) is 0 Å². The molecular weight excluding hydrogens is 456 g/mol. The summed E-state index contributed by atoms with van der Waals surface area (Å²) in [5.74, 6) is -0.854. The van der Waals surface area contributed by atoms with E-state index in [1.54, 1.807) is 0 Å². The summed E-state index contributed by atoms with van der Waals surface area (Å²) in [7, 11) is 0. The molecule has 3 atom stereocenters. The van der Waals surface area contributed by atoms with Gasteiger partial charge in [-0.05, 0) is 25.8 Å². The van der Waals surface area contributed by atoms with Gasteiger partial charge in [-0.2, -0.15) is 0 Å². The number of hydrogen-bond donors (Lipinski definition) is 3. The van der Waals surface area contributed by atoms with Crippen molar-refractivity contribution in [3.05, 3.63) is 0 Å². The monoisotopic (exact) mass is 500 g/mol. The molecule has 2 amide bonds. The van der Waals surface area contributed by atoms with E-state index in [0.29, 0.717) is 39.0 Å². The van der Waals surface area contributed by atoms with Gasteiger partial charge in [0, 0.05) is 25.6 Å². The van der Waals surface area contributed by atoms with Crippen LogP contribution in [0, 0.1) is 0 Å². The Labute approximate surface area is 208 Å². The topological polar surface area (TPSA) is 127 Å². The number of esters is 1. The smallest absolute Gasteiger partial charge is 0.323 e. The maximum absolute atomic E-state index is 12.8. The molecule has 0 radical (unpaired) electrons. The summed E-state index contributed by atoms with van der Waals surface area (Å²) in [6.07, 6.45) is 2.24. The maximum Gasteiger partial charge on any atom is 0.323 e. The Hall–Kier alpha value is -1.79. The highest BCUT2D eigenvalue weighted by Crippen LogP contribution is 2.22. The molecule has 2 fully saturated rings. The lowest BCUT2D eigenvalue weighted by Gasteiger charge is -2.23. The molecule has 3 N–H and O–H groups in total. The lowest BCUT2D eigenvalue weighted by atomic mass is 10.1. The summed E-state index contributed by atoms with van der Waals surface area (Å²) in [6.45, 7) is 10.4. The van der Waals surface area contributed by atoms with Gasteiger partial charge in [-0.3, -0.25) is 14.4 Å². The number of nitrogens with one attached hydrogen (secondary N) is 3. The van der Waals surface area contributed by atoms with Crippen LogP contribution in [-0.4, -0.2) is 113 Å². The largest absolute Gasteiger partial charge is 0.459 e. The first-order valence-corrected chi connectivity index (χ1v) is 12.9. The average Bonchev–Trinajstić information content (AvgIpc) is 3.51. The minimum absolute atomic E-state index is 0.164. The molecule has 0 saturated carbocycles. The first kappa shape index (κ1) is 29.4. The Balaban J connectivity index is 1.68. The van der Waals surface area contributed by atoms with Crippen LogP contribution in [0.3, 0.4) is 0 Å². The Morgan fingerprint density at radius 2 is 1.74 bits per heavy atom. The predicted molar refractivity (Wildman–Crippen MR) is 130 cm³/mol. The van der Waals surface area contributed by atoms with Crippen LogP contribution in [0.25, 0.3) is 0 Å². The molecule has 2 heterocycles. The normalized spacial score (nSPS) is 22.1. The van der Waals surface area contributed by atoms with E-state index in [0.717, 1.165) is 32.4 Å². The van der Waals surface area contributed by atoms with Crippen molar-refractivity contribution >= 4 is 17.8 Å². The van der Waals surface area contributed by atoms with Crippen LogP contribution in [-0.2, 0) is 33.3 Å². The first-order valence-electron chi connectivity index (χ1n) is 12.9. The molecular formula is C24H44N4O7. The fourth-order valence-electron chi connectivity index (χ4n) is 4.01. The molecule has 35 heavy (non-hydrogen) atoms. The van der Waals surface area contributed by atoms with Gasteiger partial charge >= 0.3 is 5.97 Å². The van der Waals surface area contributed by atoms with Gasteiger partial charge in [-0.25, -0.2) is 0 Å². The molecule has 0 aromatic heterocycles. The van der Waals surface area contributed by atoms with E-state index in [1.165, 1.54) is 4.90 Å². The van der Waals surface area contributed by atoms with Gasteiger partial charge in [0.25, 0.3) is 0 Å². The second kappa shape index (κ2) is 16.8. The summed E-state index contributed by atoms with van der Waals surface area (Å²) in [5.41, 5.74) is 0. The number of rotatable bonds is 17. The van der Waals surface area contributed by atoms with Gasteiger partial charge in [0.15, 0.2) is 0 Å². The molecule has 2 saturated heterocycles. The van der Waals surface area contributed by atoms with Crippen LogP contribution in [0.4, 0.5) is 0 Å². The summed E-state index contributed by atoms with van der Waals surface area (Å²) < 4.78 is 22.0. The quantitative estimate of drug-likeness (QED) is 0.184. The van der Waals surface area contributed by atoms with Crippen LogP contribution in [0.5, 0.6) is 0 Å². The van der Waals surface area contributed by atoms with E-state index in [-0.39, 0.29) is 50.0 Å². The number of likely N-dealkylation sites (tertiary alicyclic amines) is 1. The van der Waals surface area contributed by atoms with Gasteiger partial charge in [-0.15, -0.1) is 0 Å². The van der Waals surface area contributed by atoms with Gasteiger partial charge in [-0.1, -0.05) is 20.8 Å². The van der Waals surface area contributed by atoms with Crippen LogP contribution in [0.2, 0.25) is 0 Å². The van der Waals surface area contributed by atoms with Crippen LogP contribution < -0.4 is 16.0 Å². The Kier molecular flexibility index (Phi) is 14.1. The zero-order valence-electron chi connectivity index (χ0n) is 21.5. The summed E-state index contributed by atoms with van der Waals surface area (Å²) in [4.78, 5) is 39.3. The van der Waals surface area contributed by atoms with E-state index < -0.39 is 12.1 Å². The number of carbonyl (C=O) groups excluding carboxylic acids is 3. The molecule has 0 spiro atoms. The van der Waals surface area contributed by atoms with E-state index in [1.807, 2.05) is 6.92 Å². The minimum atomic E-state index is -0.675. The fourth-order valence-corrected chi connectivity index (χ4v) is 4.01. The third-order valence-electron chi connectivity index (χ3n) is 5.83. The third kappa shape index (κ3) is 11.2. The van der Waals surface area contributed by atoms with Crippen LogP contribution >= 0.6 is 0 Å². The molecule has 202 valence electrons. The number of hydrogen-bond acceptors (Lipinski definition) is 9. The lowest BCUT2D eigenvalue weighted by molar-refractivity contribution is -0.151. The van der Waals surface area contributed by atoms with Crippen molar-refractivity contribution in [3.63, 3.8) is 0 Å². The highest BCUT2D eigenvalue weighted by Gasteiger charge is 2.41. The molecule has 11 heteroatoms. The number of carbonyl (C=O) groups is 3. The summed E-state index contributed by atoms with van der Waals surface area (Å²) >= 11 is 0. The molecule has 0 bridgehead atoms. The number of ether oxygens (including phenoxy) is 4. The SMILES string of the molecule is CCCNC(=O)C1CC(OC(=O)C2CCCN2)CN1C(=O)COCCOCCOCCNC(C)C. The Bertz CT molecular complexity index is 643. The number of nitrogens with zero attached hydrogens (tertiary/aromatic N) is 1. The van der Waals surface area contributed by atoms with Crippen molar-refractivity contribution in [1.82, 2.24) is 20.9 Å². The Morgan fingerprint density at radius 1 is 1.03 bits per heavy atom. The van der Waals surface area contributed by atoms with Gasteiger partial charge in [0.1, 0.15) is 24.8 Å². The van der Waals surface area contributed by atoms with Gasteiger partial charge in [0.2, 0.25) is 11.8 Å². The van der Waals surface area contributed by atoms with E-state index in [2.05, 4.69) is 29.8 Å². The van der Waals surface area contributed by atoms with Crippen LogP contribution in [0.1, 0.15) is 46.5 Å². The molecule has 2 aliphatic rings. The van der Waals surface area contributed by atoms with E-state index in [9.17, 15) is 14.4 Å². The van der Waals surface area contributed by atoms with Crippen molar-refractivity contribution in [2.75, 3.05) is 65.8 Å². The highest BCUT2D eigenvalue weighted by molar-refractivity contribution is 5.89. The zero-order chi connectivity index (χ0) is 25.5. The zero-order valence-corrected chi connectivity index (χ0v) is 21.5. The van der Waals surface area contributed by atoms with Crippen molar-refractivity contribution in [2.24, 2.45) is 0 Å². The molecule has 2 rings (SSSR count). The van der Waals surface area contributed by atoms with Gasteiger partial charge in [0.05, 0.1) is 39.6 Å². The molecule has 3 unspecified atom stereocenters. The summed E-state index contributed by atoms with van der Waals surface area (Å²) in [5, 5.41) is 9.22. The van der Waals surface area contributed by atoms with Crippen molar-refractivity contribution in [3.8, 4) is 0 Å².